The molecule has 2 heterocycles. The molecule has 0 aromatic carbocycles. The second-order valence-corrected chi connectivity index (χ2v) is 5.44. The minimum absolute atomic E-state index is 0.395. The second-order valence-electron chi connectivity index (χ2n) is 4.29. The summed E-state index contributed by atoms with van der Waals surface area (Å²) in [7, 11) is 0. The van der Waals surface area contributed by atoms with E-state index in [0.29, 0.717) is 12.0 Å². The molecule has 0 saturated carbocycles. The van der Waals surface area contributed by atoms with Crippen LogP contribution in [0, 0.1) is 0 Å². The Morgan fingerprint density at radius 2 is 2.50 bits per heavy atom. The summed E-state index contributed by atoms with van der Waals surface area (Å²) in [5.41, 5.74) is 0. The Balaban J connectivity index is 1.91. The first kappa shape index (κ1) is 11.9. The summed E-state index contributed by atoms with van der Waals surface area (Å²) in [6.07, 6.45) is 1.91. The molecule has 0 bridgehead atoms. The molecule has 90 valence electrons. The highest BCUT2D eigenvalue weighted by Crippen LogP contribution is 2.16. The lowest BCUT2D eigenvalue weighted by atomic mass is 10.1. The Kier molecular flexibility index (Phi) is 4.23. The zero-order valence-electron chi connectivity index (χ0n) is 9.90. The summed E-state index contributed by atoms with van der Waals surface area (Å²) < 4.78 is 5.28. The van der Waals surface area contributed by atoms with E-state index in [1.807, 2.05) is 11.8 Å². The largest absolute Gasteiger partial charge is 0.339 e. The molecule has 1 saturated heterocycles. The van der Waals surface area contributed by atoms with E-state index in [1.165, 1.54) is 5.75 Å². The van der Waals surface area contributed by atoms with E-state index >= 15 is 0 Å². The fourth-order valence-corrected chi connectivity index (χ4v) is 2.64. The Labute approximate surface area is 101 Å². The number of hydrogen-bond donors (Lipinski definition) is 1. The molecule has 2 rings (SSSR count). The zero-order chi connectivity index (χ0) is 11.4. The molecule has 4 nitrogen and oxygen atoms in total. The van der Waals surface area contributed by atoms with Crippen LogP contribution in [0.15, 0.2) is 4.52 Å². The van der Waals surface area contributed by atoms with Crippen LogP contribution in [0.1, 0.15) is 37.9 Å². The molecule has 1 aliphatic heterocycles. The van der Waals surface area contributed by atoms with E-state index in [2.05, 4.69) is 29.3 Å². The number of thioether (sulfide) groups is 1. The van der Waals surface area contributed by atoms with Gasteiger partial charge in [-0.1, -0.05) is 19.0 Å². The summed E-state index contributed by atoms with van der Waals surface area (Å²) in [6.45, 7) is 5.35. The van der Waals surface area contributed by atoms with E-state index < -0.39 is 0 Å². The monoisotopic (exact) mass is 241 g/mol. The number of nitrogens with zero attached hydrogens (tertiary/aromatic N) is 2. The van der Waals surface area contributed by atoms with Crippen LogP contribution < -0.4 is 5.32 Å². The highest BCUT2D eigenvalue weighted by molar-refractivity contribution is 7.99. The molecule has 0 aliphatic carbocycles. The van der Waals surface area contributed by atoms with Gasteiger partial charge in [0.2, 0.25) is 5.89 Å². The normalized spacial score (nSPS) is 23.2. The first-order chi connectivity index (χ1) is 7.79. The van der Waals surface area contributed by atoms with Crippen LogP contribution in [0.25, 0.3) is 0 Å². The van der Waals surface area contributed by atoms with Gasteiger partial charge in [0, 0.05) is 36.4 Å². The van der Waals surface area contributed by atoms with E-state index in [0.717, 1.165) is 36.9 Å². The lowest BCUT2D eigenvalue weighted by molar-refractivity contribution is 0.356. The van der Waals surface area contributed by atoms with Gasteiger partial charge in [-0.15, -0.1) is 0 Å². The van der Waals surface area contributed by atoms with Crippen molar-refractivity contribution in [2.45, 2.75) is 38.6 Å². The maximum absolute atomic E-state index is 5.28. The molecule has 1 N–H and O–H groups in total. The van der Waals surface area contributed by atoms with Gasteiger partial charge < -0.3 is 9.84 Å². The Morgan fingerprint density at radius 3 is 3.19 bits per heavy atom. The Morgan fingerprint density at radius 1 is 1.62 bits per heavy atom. The fraction of sp³-hybridized carbons (Fsp3) is 0.818. The molecule has 1 aliphatic rings. The van der Waals surface area contributed by atoms with Gasteiger partial charge in [0.1, 0.15) is 0 Å². The summed E-state index contributed by atoms with van der Waals surface area (Å²) >= 11 is 1.99. The van der Waals surface area contributed by atoms with E-state index in [4.69, 9.17) is 4.52 Å². The molecule has 0 spiro atoms. The van der Waals surface area contributed by atoms with Gasteiger partial charge in [-0.05, 0) is 6.42 Å². The van der Waals surface area contributed by atoms with Gasteiger partial charge in [-0.3, -0.25) is 0 Å². The number of nitrogens with one attached hydrogen (secondary N) is 1. The van der Waals surface area contributed by atoms with E-state index in [1.54, 1.807) is 0 Å². The van der Waals surface area contributed by atoms with Crippen molar-refractivity contribution in [3.05, 3.63) is 11.7 Å². The van der Waals surface area contributed by atoms with E-state index in [-0.39, 0.29) is 0 Å². The molecule has 2 unspecified atom stereocenters. The van der Waals surface area contributed by atoms with Crippen molar-refractivity contribution >= 4 is 11.8 Å². The molecule has 1 aromatic heterocycles. The third-order valence-electron chi connectivity index (χ3n) is 2.96. The van der Waals surface area contributed by atoms with Crippen molar-refractivity contribution in [3.63, 3.8) is 0 Å². The van der Waals surface area contributed by atoms with Crippen molar-refractivity contribution in [2.75, 3.05) is 18.1 Å². The standard InChI is InChI=1S/C11H19N3OS/c1-3-8(2)11-13-10(15-14-11)6-9-7-16-5-4-12-9/h8-9,12H,3-7H2,1-2H3. The molecule has 5 heteroatoms. The number of rotatable bonds is 4. The quantitative estimate of drug-likeness (QED) is 0.871. The molecule has 1 aromatic rings. The third-order valence-corrected chi connectivity index (χ3v) is 4.09. The van der Waals surface area contributed by atoms with Gasteiger partial charge in [0.15, 0.2) is 5.82 Å². The van der Waals surface area contributed by atoms with Gasteiger partial charge in [0.25, 0.3) is 0 Å². The van der Waals surface area contributed by atoms with Crippen molar-refractivity contribution < 1.29 is 4.52 Å². The first-order valence-electron chi connectivity index (χ1n) is 5.93. The lowest BCUT2D eigenvalue weighted by Gasteiger charge is -2.21. The summed E-state index contributed by atoms with van der Waals surface area (Å²) in [6, 6.07) is 0.490. The molecular weight excluding hydrogens is 222 g/mol. The first-order valence-corrected chi connectivity index (χ1v) is 7.08. The molecular formula is C11H19N3OS. The highest BCUT2D eigenvalue weighted by atomic mass is 32.2. The smallest absolute Gasteiger partial charge is 0.228 e. The van der Waals surface area contributed by atoms with Crippen LogP contribution in [0.5, 0.6) is 0 Å². The van der Waals surface area contributed by atoms with Crippen LogP contribution in [-0.4, -0.2) is 34.2 Å². The maximum atomic E-state index is 5.28. The Hall–Kier alpha value is -0.550. The van der Waals surface area contributed by atoms with Crippen LogP contribution in [-0.2, 0) is 6.42 Å². The van der Waals surface area contributed by atoms with Crippen molar-refractivity contribution in [3.8, 4) is 0 Å². The minimum atomic E-state index is 0.395. The number of aromatic nitrogens is 2. The Bertz CT molecular complexity index is 323. The second kappa shape index (κ2) is 5.68. The van der Waals surface area contributed by atoms with Crippen molar-refractivity contribution in [1.29, 1.82) is 0 Å². The van der Waals surface area contributed by atoms with Gasteiger partial charge in [-0.2, -0.15) is 16.7 Å². The fourth-order valence-electron chi connectivity index (χ4n) is 1.70. The summed E-state index contributed by atoms with van der Waals surface area (Å²) in [5, 5.41) is 7.50. The molecule has 1 fully saturated rings. The summed E-state index contributed by atoms with van der Waals surface area (Å²) in [4.78, 5) is 4.45. The van der Waals surface area contributed by atoms with Crippen molar-refractivity contribution in [1.82, 2.24) is 15.5 Å². The maximum Gasteiger partial charge on any atom is 0.228 e. The molecule has 2 atom stereocenters. The SMILES string of the molecule is CCC(C)c1noc(CC2CSCCN2)n1. The van der Waals surface area contributed by atoms with Gasteiger partial charge >= 0.3 is 0 Å². The highest BCUT2D eigenvalue weighted by Gasteiger charge is 2.18. The summed E-state index contributed by atoms with van der Waals surface area (Å²) in [5.74, 6) is 4.36. The molecule has 0 amide bonds. The predicted octanol–water partition coefficient (Wildman–Crippen LogP) is 1.83. The van der Waals surface area contributed by atoms with Crippen LogP contribution in [0.2, 0.25) is 0 Å². The third kappa shape index (κ3) is 2.98. The molecule has 0 radical (unpaired) electrons. The van der Waals surface area contributed by atoms with Crippen LogP contribution in [0.3, 0.4) is 0 Å². The predicted molar refractivity (Wildman–Crippen MR) is 65.8 cm³/mol. The van der Waals surface area contributed by atoms with Gasteiger partial charge in [0.05, 0.1) is 0 Å². The topological polar surface area (TPSA) is 51.0 Å². The van der Waals surface area contributed by atoms with Gasteiger partial charge in [-0.25, -0.2) is 0 Å². The lowest BCUT2D eigenvalue weighted by Crippen LogP contribution is -2.38. The number of hydrogen-bond acceptors (Lipinski definition) is 5. The average Bonchev–Trinajstić information content (AvgIpc) is 2.78. The minimum Gasteiger partial charge on any atom is -0.339 e. The van der Waals surface area contributed by atoms with Crippen LogP contribution >= 0.6 is 11.8 Å². The van der Waals surface area contributed by atoms with Crippen LogP contribution in [0.4, 0.5) is 0 Å². The zero-order valence-corrected chi connectivity index (χ0v) is 10.7. The average molecular weight is 241 g/mol. The van der Waals surface area contributed by atoms with Crippen molar-refractivity contribution in [2.24, 2.45) is 0 Å². The molecule has 16 heavy (non-hydrogen) atoms. The van der Waals surface area contributed by atoms with E-state index in [9.17, 15) is 0 Å².